The van der Waals surface area contributed by atoms with E-state index in [2.05, 4.69) is 41.9 Å². The molecule has 29 heavy (non-hydrogen) atoms. The van der Waals surface area contributed by atoms with E-state index < -0.39 is 0 Å². The summed E-state index contributed by atoms with van der Waals surface area (Å²) in [5, 5.41) is 10.6. The van der Waals surface area contributed by atoms with Crippen molar-refractivity contribution >= 4 is 0 Å². The fourth-order valence-corrected chi connectivity index (χ4v) is 6.71. The van der Waals surface area contributed by atoms with Crippen molar-refractivity contribution < 1.29 is 9.84 Å². The van der Waals surface area contributed by atoms with Gasteiger partial charge in [0.2, 0.25) is 0 Å². The number of aryl methyl sites for hydroxylation is 1. The standard InChI is InChI=1S/C25H34N2O2/c1-3-4-12-25(26-27-25)14-15-29-18-6-8-19-17(16-18)5-7-21-20(19)11-13-24(2)22(21)9-10-23(24)28/h1,6,8,16,20-23,26-28H,4-5,7,9-15H2,2H3/t20-,21-,22+,23+,24+/m1/s1. The molecule has 3 N–H and O–H groups in total. The summed E-state index contributed by atoms with van der Waals surface area (Å²) >= 11 is 0. The lowest BCUT2D eigenvalue weighted by Crippen LogP contribution is -2.43. The third kappa shape index (κ3) is 3.38. The van der Waals surface area contributed by atoms with Gasteiger partial charge in [-0.05, 0) is 91.4 Å². The summed E-state index contributed by atoms with van der Waals surface area (Å²) in [6, 6.07) is 6.78. The van der Waals surface area contributed by atoms with Gasteiger partial charge in [-0.15, -0.1) is 12.3 Å². The Balaban J connectivity index is 1.24. The molecule has 3 aliphatic carbocycles. The first-order valence-electron chi connectivity index (χ1n) is 11.5. The van der Waals surface area contributed by atoms with E-state index in [1.54, 1.807) is 5.56 Å². The van der Waals surface area contributed by atoms with Gasteiger partial charge in [0.05, 0.1) is 18.4 Å². The molecule has 4 nitrogen and oxygen atoms in total. The Labute approximate surface area is 174 Å². The number of rotatable bonds is 6. The van der Waals surface area contributed by atoms with Crippen LogP contribution in [-0.2, 0) is 6.42 Å². The van der Waals surface area contributed by atoms with Crippen LogP contribution < -0.4 is 15.6 Å². The van der Waals surface area contributed by atoms with E-state index in [9.17, 15) is 5.11 Å². The molecule has 156 valence electrons. The van der Waals surface area contributed by atoms with E-state index in [4.69, 9.17) is 11.2 Å². The minimum absolute atomic E-state index is 0.0194. The molecule has 5 rings (SSSR count). The average molecular weight is 395 g/mol. The van der Waals surface area contributed by atoms with Crippen LogP contribution >= 0.6 is 0 Å². The molecule has 0 radical (unpaired) electrons. The van der Waals surface area contributed by atoms with Gasteiger partial charge >= 0.3 is 0 Å². The lowest BCUT2D eigenvalue weighted by atomic mass is 9.55. The highest BCUT2D eigenvalue weighted by molar-refractivity contribution is 5.40. The Hall–Kier alpha value is -1.54. The van der Waals surface area contributed by atoms with E-state index in [0.29, 0.717) is 18.4 Å². The summed E-state index contributed by atoms with van der Waals surface area (Å²) in [4.78, 5) is 0. The lowest BCUT2D eigenvalue weighted by molar-refractivity contribution is -0.0226. The highest BCUT2D eigenvalue weighted by Crippen LogP contribution is 2.60. The Bertz CT molecular complexity index is 812. The lowest BCUT2D eigenvalue weighted by Gasteiger charge is -2.50. The molecule has 1 aromatic carbocycles. The monoisotopic (exact) mass is 394 g/mol. The Morgan fingerprint density at radius 2 is 2.07 bits per heavy atom. The molecular formula is C25H34N2O2. The number of nitrogens with one attached hydrogen (secondary N) is 2. The molecule has 0 aromatic heterocycles. The largest absolute Gasteiger partial charge is 0.493 e. The fourth-order valence-electron chi connectivity index (χ4n) is 6.71. The van der Waals surface area contributed by atoms with Crippen LogP contribution in [0.4, 0.5) is 0 Å². The highest BCUT2D eigenvalue weighted by atomic mass is 16.5. The van der Waals surface area contributed by atoms with E-state index in [1.165, 1.54) is 24.8 Å². The zero-order valence-electron chi connectivity index (χ0n) is 17.5. The first kappa shape index (κ1) is 19.4. The molecule has 2 saturated carbocycles. The molecule has 3 fully saturated rings. The number of terminal acetylenes is 1. The highest BCUT2D eigenvalue weighted by Gasteiger charge is 2.54. The van der Waals surface area contributed by atoms with Gasteiger partial charge in [0.15, 0.2) is 0 Å². The third-order valence-electron chi connectivity index (χ3n) is 8.62. The summed E-state index contributed by atoms with van der Waals surface area (Å²) < 4.78 is 6.10. The van der Waals surface area contributed by atoms with Crippen LogP contribution in [0, 0.1) is 29.6 Å². The zero-order chi connectivity index (χ0) is 20.1. The summed E-state index contributed by atoms with van der Waals surface area (Å²) in [6.45, 7) is 3.03. The molecule has 0 spiro atoms. The van der Waals surface area contributed by atoms with E-state index in [0.717, 1.165) is 50.2 Å². The molecule has 0 unspecified atom stereocenters. The number of hydrazine groups is 1. The second-order valence-electron chi connectivity index (χ2n) is 10.0. The van der Waals surface area contributed by atoms with Crippen LogP contribution in [0.5, 0.6) is 5.75 Å². The van der Waals surface area contributed by atoms with Crippen molar-refractivity contribution in [2.24, 2.45) is 17.3 Å². The van der Waals surface area contributed by atoms with Crippen LogP contribution in [-0.4, -0.2) is 23.5 Å². The van der Waals surface area contributed by atoms with Gasteiger partial charge in [-0.2, -0.15) is 0 Å². The van der Waals surface area contributed by atoms with Crippen LogP contribution in [0.1, 0.15) is 75.3 Å². The van der Waals surface area contributed by atoms with Crippen molar-refractivity contribution in [1.82, 2.24) is 10.9 Å². The predicted molar refractivity (Wildman–Crippen MR) is 114 cm³/mol. The Kier molecular flexibility index (Phi) is 4.89. The number of benzene rings is 1. The van der Waals surface area contributed by atoms with E-state index in [1.807, 2.05) is 0 Å². The molecule has 4 heteroatoms. The first-order valence-corrected chi connectivity index (χ1v) is 11.5. The molecule has 0 amide bonds. The van der Waals surface area contributed by atoms with Gasteiger partial charge in [-0.3, -0.25) is 0 Å². The molecule has 1 saturated heterocycles. The summed E-state index contributed by atoms with van der Waals surface area (Å²) in [7, 11) is 0. The number of hydrogen-bond donors (Lipinski definition) is 3. The normalized spacial score (nSPS) is 36.4. The van der Waals surface area contributed by atoms with E-state index in [-0.39, 0.29) is 17.2 Å². The second-order valence-corrected chi connectivity index (χ2v) is 10.0. The first-order chi connectivity index (χ1) is 14.0. The minimum Gasteiger partial charge on any atom is -0.493 e. The molecular weight excluding hydrogens is 360 g/mol. The van der Waals surface area contributed by atoms with Crippen LogP contribution in [0.2, 0.25) is 0 Å². The smallest absolute Gasteiger partial charge is 0.119 e. The maximum absolute atomic E-state index is 10.6. The van der Waals surface area contributed by atoms with Crippen molar-refractivity contribution in [1.29, 1.82) is 0 Å². The number of hydrogen-bond acceptors (Lipinski definition) is 4. The van der Waals surface area contributed by atoms with Gasteiger partial charge in [0, 0.05) is 12.8 Å². The number of aliphatic hydroxyl groups is 1. The van der Waals surface area contributed by atoms with Crippen LogP contribution in [0.25, 0.3) is 0 Å². The summed E-state index contributed by atoms with van der Waals surface area (Å²) in [6.07, 6.45) is 14.9. The van der Waals surface area contributed by atoms with Gasteiger partial charge in [0.25, 0.3) is 0 Å². The summed E-state index contributed by atoms with van der Waals surface area (Å²) in [5.41, 5.74) is 9.63. The fraction of sp³-hybridized carbons (Fsp3) is 0.680. The summed E-state index contributed by atoms with van der Waals surface area (Å²) in [5.74, 6) is 5.81. The van der Waals surface area contributed by atoms with Crippen LogP contribution in [0.15, 0.2) is 18.2 Å². The average Bonchev–Trinajstić information content (AvgIpc) is 3.43. The third-order valence-corrected chi connectivity index (χ3v) is 8.62. The number of ether oxygens (including phenoxy) is 1. The molecule has 1 heterocycles. The number of fused-ring (bicyclic) bond motifs is 5. The Morgan fingerprint density at radius 3 is 2.86 bits per heavy atom. The van der Waals surface area contributed by atoms with E-state index >= 15 is 0 Å². The van der Waals surface area contributed by atoms with Gasteiger partial charge in [0.1, 0.15) is 5.75 Å². The Morgan fingerprint density at radius 1 is 1.21 bits per heavy atom. The predicted octanol–water partition coefficient (Wildman–Crippen LogP) is 3.89. The van der Waals surface area contributed by atoms with Gasteiger partial charge in [-0.1, -0.05) is 13.0 Å². The second kappa shape index (κ2) is 7.30. The van der Waals surface area contributed by atoms with Crippen LogP contribution in [0.3, 0.4) is 0 Å². The molecule has 1 aromatic rings. The minimum atomic E-state index is -0.0926. The van der Waals surface area contributed by atoms with Gasteiger partial charge < -0.3 is 9.84 Å². The quantitative estimate of drug-likeness (QED) is 0.506. The molecule has 1 aliphatic heterocycles. The van der Waals surface area contributed by atoms with Crippen molar-refractivity contribution in [2.75, 3.05) is 6.61 Å². The topological polar surface area (TPSA) is 73.3 Å². The van der Waals surface area contributed by atoms with Crippen molar-refractivity contribution in [3.63, 3.8) is 0 Å². The molecule has 5 atom stereocenters. The maximum Gasteiger partial charge on any atom is 0.119 e. The zero-order valence-corrected chi connectivity index (χ0v) is 17.5. The SMILES string of the molecule is C#CCCC1(CCOc2ccc3c(c2)CC[C@@H]2[C@@H]3CC[C@]3(C)[C@@H](O)CC[C@@H]23)NN1. The van der Waals surface area contributed by atoms with Crippen molar-refractivity contribution in [3.8, 4) is 18.1 Å². The molecule has 0 bridgehead atoms. The maximum atomic E-state index is 10.6. The molecule has 4 aliphatic rings. The number of aliphatic hydroxyl groups excluding tert-OH is 1. The van der Waals surface area contributed by atoms with Crippen molar-refractivity contribution in [3.05, 3.63) is 29.3 Å². The van der Waals surface area contributed by atoms with Crippen molar-refractivity contribution in [2.45, 2.75) is 82.4 Å². The van der Waals surface area contributed by atoms with Gasteiger partial charge in [-0.25, -0.2) is 10.9 Å².